The number of benzene rings is 7. The lowest BCUT2D eigenvalue weighted by atomic mass is 9.33. The van der Waals surface area contributed by atoms with Crippen LogP contribution >= 0.6 is 0 Å². The third-order valence-electron chi connectivity index (χ3n) is 13.4. The molecule has 7 aromatic carbocycles. The molecule has 2 aliphatic carbocycles. The molecule has 0 aromatic heterocycles. The molecule has 0 radical (unpaired) electrons. The first-order valence-electron chi connectivity index (χ1n) is 20.8. The molecule has 2 aliphatic heterocycles. The van der Waals surface area contributed by atoms with Gasteiger partial charge in [0.25, 0.3) is 6.71 Å². The molecule has 0 saturated heterocycles. The summed E-state index contributed by atoms with van der Waals surface area (Å²) in [7, 11) is 0. The average Bonchev–Trinajstić information content (AvgIpc) is 3.32. The maximum absolute atomic E-state index is 16.1. The summed E-state index contributed by atoms with van der Waals surface area (Å²) in [4.78, 5) is 2.32. The van der Waals surface area contributed by atoms with Crippen LogP contribution < -0.4 is 26.2 Å². The molecule has 0 saturated carbocycles. The Balaban J connectivity index is 1.32. The molecule has 0 bridgehead atoms. The molecule has 0 spiro atoms. The summed E-state index contributed by atoms with van der Waals surface area (Å²) in [6.07, 6.45) is 0. The largest absolute Gasteiger partial charge is 0.382 e. The van der Waals surface area contributed by atoms with Gasteiger partial charge < -0.3 is 9.80 Å². The fraction of sp³-hybridized carbons (Fsp3) is 0.160. The highest BCUT2D eigenvalue weighted by atomic mass is 19.4. The van der Waals surface area contributed by atoms with Crippen molar-refractivity contribution in [2.45, 2.75) is 47.4 Å². The molecule has 7 aromatic rings. The van der Waals surface area contributed by atoms with Crippen LogP contribution in [0.4, 0.5) is 104 Å². The number of fused-ring (bicyclic) bond motifs is 6. The van der Waals surface area contributed by atoms with Crippen molar-refractivity contribution < 1.29 is 70.2 Å². The molecule has 2 nitrogen and oxygen atoms in total. The number of anilines is 6. The Morgan fingerprint density at radius 3 is 0.928 bits per heavy atom. The van der Waals surface area contributed by atoms with Gasteiger partial charge in [-0.15, -0.1) is 0 Å². The Morgan fingerprint density at radius 1 is 0.290 bits per heavy atom. The van der Waals surface area contributed by atoms with Gasteiger partial charge in [-0.1, -0.05) is 115 Å². The monoisotopic (exact) mass is 968 g/mol. The highest BCUT2D eigenvalue weighted by Crippen LogP contribution is 2.67. The summed E-state index contributed by atoms with van der Waals surface area (Å²) in [6, 6.07) is 32.6. The normalized spacial score (nSPS) is 20.7. The van der Waals surface area contributed by atoms with Crippen LogP contribution in [0.3, 0.4) is 0 Å². The van der Waals surface area contributed by atoms with Crippen LogP contribution in [0.15, 0.2) is 152 Å². The van der Waals surface area contributed by atoms with E-state index in [2.05, 4.69) is 0 Å². The van der Waals surface area contributed by atoms with Gasteiger partial charge in [0.05, 0.1) is 11.4 Å². The molecule has 69 heavy (non-hydrogen) atoms. The molecule has 0 amide bonds. The SMILES string of the molecule is FC1(F)c2cc3c(cc2C(F)(F)C(F)(F)C1(F)F)N(c1ccccc1-c1ccccc1)c1cccc2c1B3c1cc3c(cc1N2c1ccccc1-c1ccccc1)C(F)(F)C(F)(F)C(F)(F)C3(F)F. The van der Waals surface area contributed by atoms with E-state index in [0.29, 0.717) is 11.1 Å². The van der Waals surface area contributed by atoms with Gasteiger partial charge in [-0.2, -0.15) is 70.2 Å². The number of halogens is 16. The van der Waals surface area contributed by atoms with Crippen LogP contribution in [0.1, 0.15) is 22.3 Å². The van der Waals surface area contributed by atoms with Gasteiger partial charge in [0.2, 0.25) is 0 Å². The maximum atomic E-state index is 16.1. The number of para-hydroxylation sites is 2. The van der Waals surface area contributed by atoms with Crippen molar-refractivity contribution in [3.05, 3.63) is 174 Å². The number of hydrogen-bond acceptors (Lipinski definition) is 2. The molecular weight excluding hydrogens is 943 g/mol. The van der Waals surface area contributed by atoms with E-state index in [4.69, 9.17) is 0 Å². The molecule has 0 atom stereocenters. The minimum Gasteiger partial charge on any atom is -0.311 e. The number of nitrogens with zero attached hydrogens (tertiary/aromatic N) is 2. The number of rotatable bonds is 4. The second-order valence-corrected chi connectivity index (χ2v) is 17.1. The Hall–Kier alpha value is -6.92. The maximum Gasteiger partial charge on any atom is 0.382 e. The van der Waals surface area contributed by atoms with E-state index in [1.807, 2.05) is 0 Å². The minimum absolute atomic E-state index is 0.0280. The second kappa shape index (κ2) is 13.9. The van der Waals surface area contributed by atoms with Crippen LogP contribution in [-0.4, -0.2) is 30.4 Å². The standard InChI is InChI=1S/C50H25BF16N2/c52-43(53)30-22-34-40(24-32(30)45(56,57)49(64,65)47(43,60)61)68(36-18-9-7-16-28(36)26-12-3-1-4-13-26)38-20-11-21-39-42(38)51(34)35-23-31-33(46(58,59)50(66,67)48(62,63)44(31,54)55)25-41(35)69(39)37-19-10-8-17-29(37)27-14-5-2-6-15-27/h1-25H. The van der Waals surface area contributed by atoms with E-state index in [1.54, 1.807) is 84.9 Å². The molecule has 0 N–H and O–H groups in total. The van der Waals surface area contributed by atoms with Crippen molar-refractivity contribution in [1.29, 1.82) is 0 Å². The van der Waals surface area contributed by atoms with Crippen molar-refractivity contribution in [3.63, 3.8) is 0 Å². The fourth-order valence-corrected chi connectivity index (χ4v) is 10.1. The molecule has 350 valence electrons. The number of alkyl halides is 16. The van der Waals surface area contributed by atoms with Crippen molar-refractivity contribution in [3.8, 4) is 22.3 Å². The Kier molecular flexibility index (Phi) is 8.96. The first kappa shape index (κ1) is 44.6. The lowest BCUT2D eigenvalue weighted by Gasteiger charge is -2.48. The summed E-state index contributed by atoms with van der Waals surface area (Å²) in [5, 5.41) is 0. The van der Waals surface area contributed by atoms with E-state index in [9.17, 15) is 0 Å². The quantitative estimate of drug-likeness (QED) is 0.128. The third kappa shape index (κ3) is 5.38. The van der Waals surface area contributed by atoms with Crippen LogP contribution in [0.2, 0.25) is 0 Å². The van der Waals surface area contributed by atoms with Crippen LogP contribution in [0, 0.1) is 0 Å². The highest BCUT2D eigenvalue weighted by Gasteiger charge is 2.86. The molecule has 0 unspecified atom stereocenters. The van der Waals surface area contributed by atoms with Crippen LogP contribution in [0.25, 0.3) is 22.3 Å². The van der Waals surface area contributed by atoms with Crippen LogP contribution in [-0.2, 0) is 23.7 Å². The van der Waals surface area contributed by atoms with Crippen molar-refractivity contribution in [1.82, 2.24) is 0 Å². The molecule has 4 aliphatic rings. The molecule has 2 heterocycles. The van der Waals surface area contributed by atoms with E-state index < -0.39 is 98.6 Å². The molecule has 19 heteroatoms. The fourth-order valence-electron chi connectivity index (χ4n) is 10.1. The molecular formula is C50H25BF16N2. The Morgan fingerprint density at radius 2 is 0.580 bits per heavy atom. The van der Waals surface area contributed by atoms with Gasteiger partial charge in [0.1, 0.15) is 0 Å². The summed E-state index contributed by atoms with van der Waals surface area (Å²) in [5.74, 6) is -51.2. The zero-order chi connectivity index (χ0) is 49.2. The first-order valence-corrected chi connectivity index (χ1v) is 20.8. The topological polar surface area (TPSA) is 6.48 Å². The van der Waals surface area contributed by atoms with E-state index in [-0.39, 0.29) is 63.6 Å². The zero-order valence-corrected chi connectivity index (χ0v) is 34.5. The summed E-state index contributed by atoms with van der Waals surface area (Å²) in [5.41, 5.74) is -11.0. The van der Waals surface area contributed by atoms with E-state index in [1.165, 1.54) is 42.5 Å². The van der Waals surface area contributed by atoms with Crippen molar-refractivity contribution in [2.24, 2.45) is 0 Å². The zero-order valence-electron chi connectivity index (χ0n) is 34.5. The lowest BCUT2D eigenvalue weighted by Crippen LogP contribution is -2.66. The number of hydrogen-bond donors (Lipinski definition) is 0. The highest BCUT2D eigenvalue weighted by molar-refractivity contribution is 7.00. The first-order chi connectivity index (χ1) is 32.3. The van der Waals surface area contributed by atoms with E-state index in [0.717, 1.165) is 9.80 Å². The van der Waals surface area contributed by atoms with Gasteiger partial charge in [-0.25, -0.2) is 0 Å². The van der Waals surface area contributed by atoms with E-state index >= 15 is 70.2 Å². The third-order valence-corrected chi connectivity index (χ3v) is 13.4. The smallest absolute Gasteiger partial charge is 0.311 e. The van der Waals surface area contributed by atoms with Crippen molar-refractivity contribution >= 4 is 57.2 Å². The van der Waals surface area contributed by atoms with Gasteiger partial charge in [0, 0.05) is 56.1 Å². The predicted octanol–water partition coefficient (Wildman–Crippen LogP) is 14.0. The summed E-state index contributed by atoms with van der Waals surface area (Å²) in [6.45, 7) is -2.04. The lowest BCUT2D eigenvalue weighted by molar-refractivity contribution is -0.386. The molecule has 0 fully saturated rings. The second-order valence-electron chi connectivity index (χ2n) is 17.1. The summed E-state index contributed by atoms with van der Waals surface area (Å²) >= 11 is 0. The van der Waals surface area contributed by atoms with Crippen molar-refractivity contribution in [2.75, 3.05) is 9.80 Å². The van der Waals surface area contributed by atoms with Gasteiger partial charge in [-0.05, 0) is 63.9 Å². The molecule has 11 rings (SSSR count). The van der Waals surface area contributed by atoms with Crippen LogP contribution in [0.5, 0.6) is 0 Å². The summed E-state index contributed by atoms with van der Waals surface area (Å²) < 4.78 is 251. The van der Waals surface area contributed by atoms with Gasteiger partial charge >= 0.3 is 47.4 Å². The minimum atomic E-state index is -6.77. The average molecular weight is 969 g/mol. The Bertz CT molecular complexity index is 3070. The predicted molar refractivity (Wildman–Crippen MR) is 227 cm³/mol. The van der Waals surface area contributed by atoms with Gasteiger partial charge in [-0.3, -0.25) is 0 Å². The Labute approximate surface area is 380 Å². The van der Waals surface area contributed by atoms with Gasteiger partial charge in [0.15, 0.2) is 0 Å².